The number of hydrogen-bond acceptors (Lipinski definition) is 4. The predicted molar refractivity (Wildman–Crippen MR) is 164 cm³/mol. The van der Waals surface area contributed by atoms with Gasteiger partial charge in [-0.3, -0.25) is 9.36 Å². The topological polar surface area (TPSA) is 74.5 Å². The summed E-state index contributed by atoms with van der Waals surface area (Å²) in [6.07, 6.45) is 4.73. The maximum absolute atomic E-state index is 13.2. The number of benzene rings is 2. The minimum Gasteiger partial charge on any atom is -0.340 e. The van der Waals surface area contributed by atoms with E-state index in [1.165, 1.54) is 18.6 Å². The minimum absolute atomic E-state index is 0.0693. The van der Waals surface area contributed by atoms with Gasteiger partial charge in [-0.05, 0) is 92.2 Å². The highest BCUT2D eigenvalue weighted by atomic mass is 19.1. The summed E-state index contributed by atoms with van der Waals surface area (Å²) in [5.41, 5.74) is 2.88. The number of guanidine groups is 1. The Kier molecular flexibility index (Phi) is 7.39. The summed E-state index contributed by atoms with van der Waals surface area (Å²) in [4.78, 5) is 25.7. The Balaban J connectivity index is 1.24. The molecule has 0 unspecified atom stereocenters. The van der Waals surface area contributed by atoms with Crippen LogP contribution in [0.3, 0.4) is 0 Å². The summed E-state index contributed by atoms with van der Waals surface area (Å²) < 4.78 is 14.9. The van der Waals surface area contributed by atoms with E-state index < -0.39 is 0 Å². The van der Waals surface area contributed by atoms with Crippen LogP contribution in [-0.2, 0) is 13.0 Å². The molecule has 3 saturated carbocycles. The lowest BCUT2D eigenvalue weighted by Gasteiger charge is -2.61. The van der Waals surface area contributed by atoms with Gasteiger partial charge in [0, 0.05) is 37.4 Å². The maximum atomic E-state index is 13.2. The summed E-state index contributed by atoms with van der Waals surface area (Å²) in [6, 6.07) is 13.2. The lowest BCUT2D eigenvalue weighted by molar-refractivity contribution is -0.108. The molecule has 7 nitrogen and oxygen atoms in total. The van der Waals surface area contributed by atoms with Crippen LogP contribution < -0.4 is 16.2 Å². The molecule has 218 valence electrons. The number of aromatic nitrogens is 2. The first-order chi connectivity index (χ1) is 19.6. The van der Waals surface area contributed by atoms with Crippen LogP contribution in [0.5, 0.6) is 0 Å². The van der Waals surface area contributed by atoms with Crippen molar-refractivity contribution in [1.29, 1.82) is 0 Å². The standard InChI is InChI=1S/C33H43FN6O/c1-20-17-40(18-21(2)36-20)32(38-29-15-24-14-28(22(29)3)33(24,4)5)37-26-10-11-27-30(16-26)35-19-39(31(27)41)13-12-23-6-8-25(34)9-7-23/h6-11,16,19-22,24,28-29,36H,12-15,17-18H2,1-5H3,(H,37,38)/t20-,21+,22-,24-,28+,29-/m0/s1. The van der Waals surface area contributed by atoms with Gasteiger partial charge in [-0.1, -0.05) is 32.9 Å². The molecule has 4 aliphatic rings. The largest absolute Gasteiger partial charge is 0.340 e. The van der Waals surface area contributed by atoms with Crippen molar-refractivity contribution in [3.8, 4) is 0 Å². The average molecular weight is 559 g/mol. The van der Waals surface area contributed by atoms with Gasteiger partial charge in [0.05, 0.1) is 23.3 Å². The Hall–Kier alpha value is -3.26. The molecule has 6 atom stereocenters. The van der Waals surface area contributed by atoms with Crippen LogP contribution in [0.25, 0.3) is 10.9 Å². The number of nitrogens with zero attached hydrogens (tertiary/aromatic N) is 4. The Bertz CT molecular complexity index is 1490. The lowest BCUT2D eigenvalue weighted by Crippen LogP contribution is -2.59. The molecule has 3 aromatic rings. The van der Waals surface area contributed by atoms with Gasteiger partial charge in [-0.25, -0.2) is 14.4 Å². The van der Waals surface area contributed by atoms with E-state index in [1.54, 1.807) is 23.0 Å². The van der Waals surface area contributed by atoms with Crippen LogP contribution in [0, 0.1) is 29.0 Å². The smallest absolute Gasteiger partial charge is 0.261 e. The molecule has 2 N–H and O–H groups in total. The van der Waals surface area contributed by atoms with Gasteiger partial charge < -0.3 is 15.5 Å². The van der Waals surface area contributed by atoms with E-state index in [2.05, 4.69) is 55.1 Å². The third-order valence-electron chi connectivity index (χ3n) is 10.1. The van der Waals surface area contributed by atoms with E-state index >= 15 is 0 Å². The number of hydrogen-bond donors (Lipinski definition) is 2. The van der Waals surface area contributed by atoms with Crippen LogP contribution >= 0.6 is 0 Å². The monoisotopic (exact) mass is 558 g/mol. The van der Waals surface area contributed by atoms with Crippen molar-refractivity contribution >= 4 is 22.5 Å². The van der Waals surface area contributed by atoms with Crippen molar-refractivity contribution in [2.45, 2.75) is 78.6 Å². The number of nitrogens with one attached hydrogen (secondary N) is 2. The molecule has 0 spiro atoms. The zero-order chi connectivity index (χ0) is 28.9. The molecule has 2 aromatic carbocycles. The number of aliphatic imine (C=N–C) groups is 1. The molecule has 7 rings (SSSR count). The van der Waals surface area contributed by atoms with Gasteiger partial charge in [-0.2, -0.15) is 0 Å². The van der Waals surface area contributed by atoms with Crippen molar-refractivity contribution in [1.82, 2.24) is 19.8 Å². The average Bonchev–Trinajstić information content (AvgIpc) is 2.93. The molecule has 0 amide bonds. The highest BCUT2D eigenvalue weighted by molar-refractivity contribution is 5.96. The summed E-state index contributed by atoms with van der Waals surface area (Å²) in [7, 11) is 0. The third-order valence-corrected chi connectivity index (χ3v) is 10.1. The van der Waals surface area contributed by atoms with Crippen LogP contribution in [0.2, 0.25) is 0 Å². The summed E-state index contributed by atoms with van der Waals surface area (Å²) >= 11 is 0. The summed E-state index contributed by atoms with van der Waals surface area (Å²) in [5.74, 6) is 2.69. The second kappa shape index (κ2) is 10.9. The first kappa shape index (κ1) is 27.9. The SMILES string of the molecule is C[C@@H]1[C@@H](N=C(Nc2ccc3c(=O)n(CCc4ccc(F)cc4)cnc3c2)N2C[C@@H](C)N[C@@H](C)C2)C[C@@H]2C[C@H]1C2(C)C. The van der Waals surface area contributed by atoms with E-state index in [-0.39, 0.29) is 11.4 Å². The molecule has 41 heavy (non-hydrogen) atoms. The molecule has 8 heteroatoms. The quantitative estimate of drug-likeness (QED) is 0.329. The van der Waals surface area contributed by atoms with Gasteiger partial charge >= 0.3 is 0 Å². The Labute approximate surface area is 242 Å². The van der Waals surface area contributed by atoms with Gasteiger partial charge in [0.15, 0.2) is 5.96 Å². The molecule has 2 bridgehead atoms. The second-order valence-corrected chi connectivity index (χ2v) is 13.3. The van der Waals surface area contributed by atoms with E-state index in [9.17, 15) is 9.18 Å². The fourth-order valence-electron chi connectivity index (χ4n) is 7.57. The Morgan fingerprint density at radius 1 is 1.10 bits per heavy atom. The molecule has 1 aromatic heterocycles. The van der Waals surface area contributed by atoms with E-state index in [4.69, 9.17) is 4.99 Å². The van der Waals surface area contributed by atoms with Crippen molar-refractivity contribution in [2.75, 3.05) is 18.4 Å². The number of aryl methyl sites for hydroxylation is 2. The summed E-state index contributed by atoms with van der Waals surface area (Å²) in [5, 5.41) is 7.88. The van der Waals surface area contributed by atoms with Crippen LogP contribution in [0.15, 0.2) is 58.6 Å². The van der Waals surface area contributed by atoms with Crippen molar-refractivity contribution in [3.05, 3.63) is 70.5 Å². The zero-order valence-corrected chi connectivity index (χ0v) is 24.9. The Morgan fingerprint density at radius 3 is 2.51 bits per heavy atom. The highest BCUT2D eigenvalue weighted by Gasteiger charge is 2.56. The number of anilines is 1. The number of piperazine rings is 1. The number of halogens is 1. The third kappa shape index (κ3) is 5.51. The molecular formula is C33H43FN6O. The van der Waals surface area contributed by atoms with Crippen molar-refractivity contribution < 1.29 is 4.39 Å². The van der Waals surface area contributed by atoms with Gasteiger partial charge in [0.2, 0.25) is 0 Å². The van der Waals surface area contributed by atoms with Crippen molar-refractivity contribution in [2.24, 2.45) is 28.2 Å². The van der Waals surface area contributed by atoms with E-state index in [1.807, 2.05) is 18.2 Å². The predicted octanol–water partition coefficient (Wildman–Crippen LogP) is 5.30. The zero-order valence-electron chi connectivity index (χ0n) is 24.9. The van der Waals surface area contributed by atoms with Gasteiger partial charge in [-0.15, -0.1) is 0 Å². The fourth-order valence-corrected chi connectivity index (χ4v) is 7.57. The number of fused-ring (bicyclic) bond motifs is 3. The molecule has 4 fully saturated rings. The molecule has 2 heterocycles. The highest BCUT2D eigenvalue weighted by Crippen LogP contribution is 2.61. The first-order valence-electron chi connectivity index (χ1n) is 15.2. The molecular weight excluding hydrogens is 515 g/mol. The maximum Gasteiger partial charge on any atom is 0.261 e. The van der Waals surface area contributed by atoms with Crippen LogP contribution in [0.4, 0.5) is 10.1 Å². The van der Waals surface area contributed by atoms with Crippen LogP contribution in [0.1, 0.15) is 53.0 Å². The van der Waals surface area contributed by atoms with E-state index in [0.29, 0.717) is 53.3 Å². The van der Waals surface area contributed by atoms with E-state index in [0.717, 1.165) is 48.6 Å². The lowest BCUT2D eigenvalue weighted by atomic mass is 9.45. The minimum atomic E-state index is -0.259. The first-order valence-corrected chi connectivity index (χ1v) is 15.2. The normalized spacial score (nSPS) is 29.3. The van der Waals surface area contributed by atoms with Gasteiger partial charge in [0.1, 0.15) is 5.82 Å². The molecule has 3 aliphatic carbocycles. The van der Waals surface area contributed by atoms with Gasteiger partial charge in [0.25, 0.3) is 5.56 Å². The molecule has 1 saturated heterocycles. The Morgan fingerprint density at radius 2 is 1.83 bits per heavy atom. The summed E-state index contributed by atoms with van der Waals surface area (Å²) in [6.45, 7) is 14.0. The second-order valence-electron chi connectivity index (χ2n) is 13.3. The molecule has 1 aliphatic heterocycles. The number of rotatable bonds is 5. The van der Waals surface area contributed by atoms with Crippen molar-refractivity contribution in [3.63, 3.8) is 0 Å². The fraction of sp³-hybridized carbons (Fsp3) is 0.545. The van der Waals surface area contributed by atoms with Crippen LogP contribution in [-0.4, -0.2) is 51.6 Å². The molecule has 0 radical (unpaired) electrons.